The van der Waals surface area contributed by atoms with Gasteiger partial charge in [-0.25, -0.2) is 9.50 Å². The van der Waals surface area contributed by atoms with Crippen molar-refractivity contribution in [2.75, 3.05) is 13.1 Å². The number of rotatable bonds is 2. The predicted molar refractivity (Wildman–Crippen MR) is 60.5 cm³/mol. The summed E-state index contributed by atoms with van der Waals surface area (Å²) in [5.41, 5.74) is 0. The Morgan fingerprint density at radius 1 is 1.56 bits per heavy atom. The molecule has 1 N–H and O–H groups in total. The molecule has 2 aromatic rings. The second kappa shape index (κ2) is 3.99. The van der Waals surface area contributed by atoms with Gasteiger partial charge in [0.1, 0.15) is 0 Å². The van der Waals surface area contributed by atoms with Crippen molar-refractivity contribution in [1.29, 1.82) is 0 Å². The Morgan fingerprint density at radius 2 is 2.50 bits per heavy atom. The first-order chi connectivity index (χ1) is 7.81. The van der Waals surface area contributed by atoms with Crippen LogP contribution in [-0.2, 0) is 6.42 Å². The second-order valence-corrected chi connectivity index (χ2v) is 4.54. The van der Waals surface area contributed by atoms with Crippen LogP contribution in [0.1, 0.15) is 12.2 Å². The van der Waals surface area contributed by atoms with Crippen LogP contribution in [-0.4, -0.2) is 32.7 Å². The molecule has 6 heteroatoms. The zero-order chi connectivity index (χ0) is 11.0. The predicted octanol–water partition coefficient (Wildman–Crippen LogP) is 0.930. The number of hydrogen-bond donors (Lipinski definition) is 1. The Morgan fingerprint density at radius 3 is 3.31 bits per heavy atom. The lowest BCUT2D eigenvalue weighted by Crippen LogP contribution is -2.11. The third-order valence-electron chi connectivity index (χ3n) is 2.84. The summed E-state index contributed by atoms with van der Waals surface area (Å²) in [5, 5.41) is 8.28. The fourth-order valence-electron chi connectivity index (χ4n) is 2.04. The van der Waals surface area contributed by atoms with Gasteiger partial charge in [0.15, 0.2) is 5.82 Å². The minimum atomic E-state index is 0.575. The van der Waals surface area contributed by atoms with Crippen LogP contribution >= 0.6 is 11.6 Å². The highest BCUT2D eigenvalue weighted by atomic mass is 35.5. The van der Waals surface area contributed by atoms with Crippen molar-refractivity contribution in [2.45, 2.75) is 12.8 Å². The van der Waals surface area contributed by atoms with Crippen molar-refractivity contribution in [1.82, 2.24) is 24.9 Å². The van der Waals surface area contributed by atoms with Gasteiger partial charge in [-0.1, -0.05) is 11.6 Å². The quantitative estimate of drug-likeness (QED) is 0.844. The van der Waals surface area contributed by atoms with Gasteiger partial charge < -0.3 is 5.32 Å². The number of nitrogens with zero attached hydrogens (tertiary/aromatic N) is 4. The molecule has 1 aliphatic rings. The molecule has 0 aromatic carbocycles. The molecule has 3 heterocycles. The minimum Gasteiger partial charge on any atom is -0.316 e. The number of fused-ring (bicyclic) bond motifs is 1. The van der Waals surface area contributed by atoms with Crippen molar-refractivity contribution in [3.8, 4) is 0 Å². The van der Waals surface area contributed by atoms with E-state index in [4.69, 9.17) is 11.6 Å². The van der Waals surface area contributed by atoms with E-state index in [0.717, 1.165) is 25.3 Å². The molecule has 1 fully saturated rings. The van der Waals surface area contributed by atoms with Crippen molar-refractivity contribution < 1.29 is 0 Å². The average molecular weight is 238 g/mol. The fraction of sp³-hybridized carbons (Fsp3) is 0.500. The average Bonchev–Trinajstić information content (AvgIpc) is 2.86. The lowest BCUT2D eigenvalue weighted by Gasteiger charge is -2.02. The number of aromatic nitrogens is 4. The first kappa shape index (κ1) is 9.99. The van der Waals surface area contributed by atoms with Crippen LogP contribution in [0.2, 0.25) is 5.02 Å². The molecule has 0 aliphatic carbocycles. The Labute approximate surface area is 97.8 Å². The Kier molecular flexibility index (Phi) is 2.49. The maximum atomic E-state index is 5.84. The summed E-state index contributed by atoms with van der Waals surface area (Å²) in [6.07, 6.45) is 5.43. The van der Waals surface area contributed by atoms with Crippen LogP contribution in [0.25, 0.3) is 5.78 Å². The zero-order valence-electron chi connectivity index (χ0n) is 8.73. The molecule has 16 heavy (non-hydrogen) atoms. The van der Waals surface area contributed by atoms with Crippen LogP contribution in [0.4, 0.5) is 0 Å². The molecule has 1 unspecified atom stereocenters. The smallest absolute Gasteiger partial charge is 0.252 e. The minimum absolute atomic E-state index is 0.575. The Bertz CT molecular complexity index is 503. The van der Waals surface area contributed by atoms with E-state index in [9.17, 15) is 0 Å². The monoisotopic (exact) mass is 237 g/mol. The van der Waals surface area contributed by atoms with Gasteiger partial charge in [-0.2, -0.15) is 4.98 Å². The maximum Gasteiger partial charge on any atom is 0.252 e. The molecule has 0 bridgehead atoms. The molecule has 2 aromatic heterocycles. The van der Waals surface area contributed by atoms with Crippen LogP contribution in [0.3, 0.4) is 0 Å². The normalized spacial score (nSPS) is 20.7. The van der Waals surface area contributed by atoms with Gasteiger partial charge in [0.2, 0.25) is 0 Å². The van der Waals surface area contributed by atoms with Crippen LogP contribution in [0.15, 0.2) is 12.4 Å². The molecular weight excluding hydrogens is 226 g/mol. The third kappa shape index (κ3) is 1.88. The molecule has 0 amide bonds. The number of nitrogens with one attached hydrogen (secondary N) is 1. The first-order valence-electron chi connectivity index (χ1n) is 5.39. The third-order valence-corrected chi connectivity index (χ3v) is 3.03. The number of halogens is 1. The first-order valence-corrected chi connectivity index (χ1v) is 5.76. The van der Waals surface area contributed by atoms with Gasteiger partial charge in [-0.3, -0.25) is 0 Å². The van der Waals surface area contributed by atoms with Gasteiger partial charge in [0.05, 0.1) is 17.4 Å². The van der Waals surface area contributed by atoms with E-state index in [1.54, 1.807) is 16.9 Å². The summed E-state index contributed by atoms with van der Waals surface area (Å²) in [5.74, 6) is 2.11. The molecule has 0 saturated carbocycles. The van der Waals surface area contributed by atoms with Crippen LogP contribution < -0.4 is 5.32 Å². The highest BCUT2D eigenvalue weighted by molar-refractivity contribution is 6.30. The highest BCUT2D eigenvalue weighted by Crippen LogP contribution is 2.13. The van der Waals surface area contributed by atoms with E-state index >= 15 is 0 Å². The van der Waals surface area contributed by atoms with E-state index < -0.39 is 0 Å². The summed E-state index contributed by atoms with van der Waals surface area (Å²) in [4.78, 5) is 8.49. The van der Waals surface area contributed by atoms with E-state index in [0.29, 0.717) is 16.7 Å². The largest absolute Gasteiger partial charge is 0.316 e. The second-order valence-electron chi connectivity index (χ2n) is 4.11. The van der Waals surface area contributed by atoms with Gasteiger partial charge in [0.25, 0.3) is 5.78 Å². The summed E-state index contributed by atoms with van der Waals surface area (Å²) in [7, 11) is 0. The molecule has 1 saturated heterocycles. The summed E-state index contributed by atoms with van der Waals surface area (Å²) in [6, 6.07) is 0. The Balaban J connectivity index is 1.86. The summed E-state index contributed by atoms with van der Waals surface area (Å²) in [6.45, 7) is 2.16. The van der Waals surface area contributed by atoms with Crippen molar-refractivity contribution >= 4 is 17.4 Å². The lowest BCUT2D eigenvalue weighted by molar-refractivity contribution is 0.561. The topological polar surface area (TPSA) is 55.1 Å². The molecule has 1 atom stereocenters. The van der Waals surface area contributed by atoms with Gasteiger partial charge >= 0.3 is 0 Å². The molecule has 84 valence electrons. The van der Waals surface area contributed by atoms with Gasteiger partial charge in [0, 0.05) is 6.42 Å². The van der Waals surface area contributed by atoms with E-state index in [-0.39, 0.29) is 0 Å². The lowest BCUT2D eigenvalue weighted by atomic mass is 10.1. The van der Waals surface area contributed by atoms with E-state index in [2.05, 4.69) is 20.4 Å². The van der Waals surface area contributed by atoms with Gasteiger partial charge in [-0.15, -0.1) is 5.10 Å². The highest BCUT2D eigenvalue weighted by Gasteiger charge is 2.17. The SMILES string of the molecule is Clc1cnc2nc(CC3CCNC3)nn2c1. The zero-order valence-corrected chi connectivity index (χ0v) is 9.48. The van der Waals surface area contributed by atoms with E-state index in [1.807, 2.05) is 0 Å². The molecule has 0 spiro atoms. The number of hydrogen-bond acceptors (Lipinski definition) is 4. The molecule has 5 nitrogen and oxygen atoms in total. The molecule has 0 radical (unpaired) electrons. The van der Waals surface area contributed by atoms with Gasteiger partial charge in [-0.05, 0) is 25.4 Å². The van der Waals surface area contributed by atoms with Crippen molar-refractivity contribution in [3.05, 3.63) is 23.2 Å². The van der Waals surface area contributed by atoms with Crippen LogP contribution in [0.5, 0.6) is 0 Å². The standard InChI is InChI=1S/C10H12ClN5/c11-8-5-13-10-14-9(15-16(10)6-8)3-7-1-2-12-4-7/h5-7,12H,1-4H2. The van der Waals surface area contributed by atoms with E-state index in [1.165, 1.54) is 6.42 Å². The van der Waals surface area contributed by atoms with Crippen molar-refractivity contribution in [2.24, 2.45) is 5.92 Å². The molecular formula is C10H12ClN5. The van der Waals surface area contributed by atoms with Crippen LogP contribution in [0, 0.1) is 5.92 Å². The summed E-state index contributed by atoms with van der Waals surface area (Å²) < 4.78 is 1.64. The molecule has 3 rings (SSSR count). The summed E-state index contributed by atoms with van der Waals surface area (Å²) >= 11 is 5.84. The maximum absolute atomic E-state index is 5.84. The van der Waals surface area contributed by atoms with Crippen molar-refractivity contribution in [3.63, 3.8) is 0 Å². The Hall–Kier alpha value is -1.20. The molecule has 1 aliphatic heterocycles. The fourth-order valence-corrected chi connectivity index (χ4v) is 2.18.